The van der Waals surface area contributed by atoms with Gasteiger partial charge < -0.3 is 0 Å². The highest BCUT2D eigenvalue weighted by atomic mass is 35.7. The van der Waals surface area contributed by atoms with Crippen LogP contribution in [-0.4, -0.2) is 18.8 Å². The average Bonchev–Trinajstić information content (AvgIpc) is 1.85. The zero-order valence-corrected chi connectivity index (χ0v) is 9.29. The molecule has 0 saturated heterocycles. The first-order valence-electron chi connectivity index (χ1n) is 3.58. The van der Waals surface area contributed by atoms with Gasteiger partial charge in [-0.15, -0.1) is 12.4 Å². The molecule has 0 atom stereocenters. The number of rotatable bonds is 0. The Labute approximate surface area is 88.3 Å². The maximum absolute atomic E-state index is 10.5. The molecule has 0 radical (unpaired) electrons. The van der Waals surface area contributed by atoms with Crippen molar-refractivity contribution < 1.29 is 17.8 Å². The Bertz CT molecular complexity index is 221. The Kier molecular flexibility index (Phi) is 9.08. The third-order valence-electron chi connectivity index (χ3n) is 1.41. The van der Waals surface area contributed by atoms with E-state index in [1.54, 1.807) is 0 Å². The van der Waals surface area contributed by atoms with Crippen LogP contribution in [0.25, 0.3) is 0 Å². The van der Waals surface area contributed by atoms with E-state index in [-0.39, 0.29) is 12.4 Å². The van der Waals surface area contributed by atoms with Gasteiger partial charge in [-0.05, 0) is 12.8 Å². The van der Waals surface area contributed by atoms with E-state index < -0.39 is 9.33 Å². The Morgan fingerprint density at radius 2 is 1.46 bits per heavy atom. The molecule has 0 unspecified atom stereocenters. The van der Waals surface area contributed by atoms with E-state index in [2.05, 4.69) is 10.7 Å². The zero-order valence-electron chi connectivity index (χ0n) is 6.90. The van der Waals surface area contributed by atoms with E-state index in [0.29, 0.717) is 5.78 Å². The van der Waals surface area contributed by atoms with E-state index in [9.17, 15) is 4.79 Å². The fourth-order valence-corrected chi connectivity index (χ4v) is 0.946. The van der Waals surface area contributed by atoms with Crippen molar-refractivity contribution in [3.05, 3.63) is 0 Å². The maximum Gasteiger partial charge on any atom is 0.353 e. The molecule has 1 aliphatic rings. The molecule has 0 amide bonds. The van der Waals surface area contributed by atoms with Crippen molar-refractivity contribution in [2.45, 2.75) is 32.1 Å². The van der Waals surface area contributed by atoms with Gasteiger partial charge >= 0.3 is 9.33 Å². The number of hydrogen-bond donors (Lipinski definition) is 1. The van der Waals surface area contributed by atoms with Gasteiger partial charge in [0.15, 0.2) is 0 Å². The lowest BCUT2D eigenvalue weighted by atomic mass is 10.00. The molecule has 0 aromatic rings. The van der Waals surface area contributed by atoms with Gasteiger partial charge in [0.2, 0.25) is 0 Å². The Balaban J connectivity index is 0. The van der Waals surface area contributed by atoms with Crippen LogP contribution in [0.3, 0.4) is 0 Å². The van der Waals surface area contributed by atoms with Crippen LogP contribution in [0.5, 0.6) is 0 Å². The van der Waals surface area contributed by atoms with E-state index in [1.165, 1.54) is 6.42 Å². The van der Waals surface area contributed by atoms with Crippen molar-refractivity contribution in [3.8, 4) is 0 Å². The molecule has 13 heavy (non-hydrogen) atoms. The lowest BCUT2D eigenvalue weighted by Gasteiger charge is -2.05. The highest BCUT2D eigenvalue weighted by Gasteiger charge is 2.05. The van der Waals surface area contributed by atoms with Crippen LogP contribution in [0.1, 0.15) is 32.1 Å². The van der Waals surface area contributed by atoms with E-state index >= 15 is 0 Å². The van der Waals surface area contributed by atoms with Gasteiger partial charge in [-0.25, -0.2) is 0 Å². The molecule has 0 heterocycles. The predicted molar refractivity (Wildman–Crippen MR) is 52.7 cm³/mol. The standard InChI is InChI=1S/C6H10O.ClHO3S.ClH/c7-6-4-2-1-3-5-6;1-5(2,3)4;/h1-5H2;(H,2,3,4);1H. The van der Waals surface area contributed by atoms with Gasteiger partial charge in [0.25, 0.3) is 0 Å². The minimum atomic E-state index is -4.19. The fraction of sp³-hybridized carbons (Fsp3) is 0.833. The van der Waals surface area contributed by atoms with Crippen LogP contribution in [0.4, 0.5) is 0 Å². The number of carbonyl (C=O) groups is 1. The fourth-order valence-electron chi connectivity index (χ4n) is 0.946. The van der Waals surface area contributed by atoms with Crippen LogP contribution >= 0.6 is 23.1 Å². The SMILES string of the molecule is Cl.O=C1CCCCC1.O=S(=O)(O)Cl. The van der Waals surface area contributed by atoms with Crippen molar-refractivity contribution >= 4 is 38.2 Å². The monoisotopic (exact) mass is 250 g/mol. The van der Waals surface area contributed by atoms with Gasteiger partial charge in [-0.3, -0.25) is 9.35 Å². The minimum absolute atomic E-state index is 0. The maximum atomic E-state index is 10.5. The third-order valence-corrected chi connectivity index (χ3v) is 1.41. The molecule has 0 aromatic carbocycles. The lowest BCUT2D eigenvalue weighted by molar-refractivity contribution is -0.120. The molecule has 7 heteroatoms. The van der Waals surface area contributed by atoms with Crippen LogP contribution in [-0.2, 0) is 14.1 Å². The molecule has 4 nitrogen and oxygen atoms in total. The lowest BCUT2D eigenvalue weighted by Crippen LogP contribution is -2.02. The third kappa shape index (κ3) is 18.9. The number of carbonyl (C=O) groups excluding carboxylic acids is 1. The first-order valence-corrected chi connectivity index (χ1v) is 5.85. The van der Waals surface area contributed by atoms with Crippen LogP contribution in [0.15, 0.2) is 0 Å². The molecule has 0 aliphatic heterocycles. The van der Waals surface area contributed by atoms with E-state index in [4.69, 9.17) is 13.0 Å². The molecule has 0 spiro atoms. The summed E-state index contributed by atoms with van der Waals surface area (Å²) >= 11 is 0. The van der Waals surface area contributed by atoms with Crippen molar-refractivity contribution in [1.29, 1.82) is 0 Å². The molecule has 1 rings (SSSR count). The largest absolute Gasteiger partial charge is 0.353 e. The number of Topliss-reactive ketones (excluding diaryl/α,β-unsaturated/α-hetero) is 1. The molecule has 0 aromatic heterocycles. The zero-order chi connectivity index (χ0) is 9.61. The molecule has 0 bridgehead atoms. The van der Waals surface area contributed by atoms with E-state index in [1.807, 2.05) is 0 Å². The summed E-state index contributed by atoms with van der Waals surface area (Å²) in [5.41, 5.74) is 0. The van der Waals surface area contributed by atoms with Crippen molar-refractivity contribution in [2.75, 3.05) is 0 Å². The molecular weight excluding hydrogens is 239 g/mol. The topological polar surface area (TPSA) is 71.4 Å². The van der Waals surface area contributed by atoms with Crippen molar-refractivity contribution in [3.63, 3.8) is 0 Å². The quantitative estimate of drug-likeness (QED) is 0.527. The summed E-state index contributed by atoms with van der Waals surface area (Å²) in [6, 6.07) is 0. The predicted octanol–water partition coefficient (Wildman–Crippen LogP) is 1.97. The first-order chi connectivity index (χ1) is 5.39. The van der Waals surface area contributed by atoms with Crippen LogP contribution in [0, 0.1) is 0 Å². The summed E-state index contributed by atoms with van der Waals surface area (Å²) in [6.07, 6.45) is 5.24. The van der Waals surface area contributed by atoms with Crippen molar-refractivity contribution in [1.82, 2.24) is 0 Å². The summed E-state index contributed by atoms with van der Waals surface area (Å²) in [5.74, 6) is 0.464. The smallest absolute Gasteiger partial charge is 0.300 e. The molecule has 1 saturated carbocycles. The second-order valence-electron chi connectivity index (χ2n) is 2.51. The Hall–Kier alpha value is 0.160. The average molecular weight is 251 g/mol. The second kappa shape index (κ2) is 7.55. The summed E-state index contributed by atoms with van der Waals surface area (Å²) < 4.78 is 25.2. The number of ketones is 1. The molecule has 1 N–H and O–H groups in total. The molecular formula is C6H12Cl2O4S. The first kappa shape index (κ1) is 15.6. The Morgan fingerprint density at radius 1 is 1.15 bits per heavy atom. The van der Waals surface area contributed by atoms with Crippen molar-refractivity contribution in [2.24, 2.45) is 0 Å². The highest BCUT2D eigenvalue weighted by Crippen LogP contribution is 2.12. The van der Waals surface area contributed by atoms with Gasteiger partial charge in [0, 0.05) is 23.5 Å². The minimum Gasteiger partial charge on any atom is -0.300 e. The second-order valence-corrected chi connectivity index (χ2v) is 4.51. The van der Waals surface area contributed by atoms with Crippen LogP contribution < -0.4 is 0 Å². The number of hydrogen-bond acceptors (Lipinski definition) is 3. The van der Waals surface area contributed by atoms with Crippen LogP contribution in [0.2, 0.25) is 0 Å². The summed E-state index contributed by atoms with van der Waals surface area (Å²) in [6.45, 7) is 0. The van der Waals surface area contributed by atoms with Gasteiger partial charge in [0.1, 0.15) is 5.78 Å². The molecule has 1 aliphatic carbocycles. The van der Waals surface area contributed by atoms with Gasteiger partial charge in [0.05, 0.1) is 0 Å². The molecule has 1 fully saturated rings. The summed E-state index contributed by atoms with van der Waals surface area (Å²) in [7, 11) is -0.137. The highest BCUT2D eigenvalue weighted by molar-refractivity contribution is 8.09. The van der Waals surface area contributed by atoms with Gasteiger partial charge in [-0.1, -0.05) is 6.42 Å². The van der Waals surface area contributed by atoms with Gasteiger partial charge in [-0.2, -0.15) is 8.42 Å². The summed E-state index contributed by atoms with van der Waals surface area (Å²) in [4.78, 5) is 10.5. The summed E-state index contributed by atoms with van der Waals surface area (Å²) in [5, 5.41) is 0. The number of halogens is 2. The normalized spacial score (nSPS) is 16.6. The van der Waals surface area contributed by atoms with E-state index in [0.717, 1.165) is 25.7 Å². The Morgan fingerprint density at radius 3 is 1.62 bits per heavy atom. The molecule has 80 valence electrons.